The molecule has 0 atom stereocenters. The Balaban J connectivity index is 1.46. The molecule has 0 fully saturated rings. The Hall–Kier alpha value is -3.85. The van der Waals surface area contributed by atoms with Crippen molar-refractivity contribution in [1.29, 1.82) is 0 Å². The maximum absolute atomic E-state index is 13.4. The normalized spacial score (nSPS) is 15.0. The smallest absolute Gasteiger partial charge is 0.266 e. The van der Waals surface area contributed by atoms with Crippen LogP contribution in [0.1, 0.15) is 43.6 Å². The van der Waals surface area contributed by atoms with Crippen molar-refractivity contribution < 1.29 is 19.1 Å². The second-order valence-corrected chi connectivity index (χ2v) is 10.7. The lowest BCUT2D eigenvalue weighted by Gasteiger charge is -2.22. The molecule has 8 nitrogen and oxygen atoms in total. The molecule has 2 aromatic heterocycles. The van der Waals surface area contributed by atoms with Crippen LogP contribution in [-0.4, -0.2) is 60.0 Å². The minimum absolute atomic E-state index is 0.0191. The Labute approximate surface area is 226 Å². The van der Waals surface area contributed by atoms with Gasteiger partial charge in [0.05, 0.1) is 31.0 Å². The number of amides is 2. The number of fused-ring (bicyclic) bond motifs is 5. The maximum Gasteiger partial charge on any atom is 0.266 e. The van der Waals surface area contributed by atoms with Crippen LogP contribution in [0.4, 0.5) is 0 Å². The van der Waals surface area contributed by atoms with Crippen molar-refractivity contribution in [3.8, 4) is 11.5 Å². The number of rotatable bonds is 2. The maximum atomic E-state index is 13.4. The Morgan fingerprint density at radius 2 is 2.03 bits per heavy atom. The summed E-state index contributed by atoms with van der Waals surface area (Å²) in [6, 6.07) is 14.2. The summed E-state index contributed by atoms with van der Waals surface area (Å²) in [5.41, 5.74) is 5.14. The number of benzene rings is 2. The molecule has 5 rings (SSSR count). The summed E-state index contributed by atoms with van der Waals surface area (Å²) in [6.07, 6.45) is 1.94. The molecule has 1 aliphatic rings. The molecule has 0 saturated carbocycles. The van der Waals surface area contributed by atoms with Crippen LogP contribution in [0.25, 0.3) is 10.9 Å². The zero-order valence-electron chi connectivity index (χ0n) is 21.9. The standard InChI is InChI=1S/C29H32N4O4S/c1-18-28(38-19(2)31-18)29(35)33-13-6-14-37-26-16-20(9-10-25(26)36-3)15-24-22(11-12-30-27(34)17-33)21-7-4-5-8-23(21)32-24/h4-5,7-10,16,32H,6,11-15,17H2,1-3H3,(H,30,34). The molecule has 2 N–H and O–H groups in total. The highest BCUT2D eigenvalue weighted by atomic mass is 32.1. The number of aryl methyl sites for hydroxylation is 2. The van der Waals surface area contributed by atoms with Gasteiger partial charge in [-0.1, -0.05) is 24.3 Å². The van der Waals surface area contributed by atoms with Crippen molar-refractivity contribution in [1.82, 2.24) is 20.2 Å². The van der Waals surface area contributed by atoms with E-state index in [9.17, 15) is 9.59 Å². The van der Waals surface area contributed by atoms with Gasteiger partial charge >= 0.3 is 0 Å². The van der Waals surface area contributed by atoms with E-state index in [1.54, 1.807) is 12.0 Å². The van der Waals surface area contributed by atoms with E-state index in [4.69, 9.17) is 9.47 Å². The van der Waals surface area contributed by atoms with Gasteiger partial charge < -0.3 is 24.7 Å². The summed E-state index contributed by atoms with van der Waals surface area (Å²) >= 11 is 1.36. The van der Waals surface area contributed by atoms with E-state index in [2.05, 4.69) is 27.4 Å². The fraction of sp³-hybridized carbons (Fsp3) is 0.345. The zero-order valence-corrected chi connectivity index (χ0v) is 22.7. The van der Waals surface area contributed by atoms with E-state index in [0.29, 0.717) is 61.0 Å². The Bertz CT molecular complexity index is 1470. The number of para-hydroxylation sites is 1. The van der Waals surface area contributed by atoms with Crippen LogP contribution in [0.2, 0.25) is 0 Å². The minimum atomic E-state index is -0.182. The highest BCUT2D eigenvalue weighted by Gasteiger charge is 2.23. The molecule has 0 aliphatic carbocycles. The van der Waals surface area contributed by atoms with Crippen molar-refractivity contribution in [3.05, 3.63) is 74.9 Å². The molecule has 0 saturated heterocycles. The number of hydrogen-bond donors (Lipinski definition) is 2. The lowest BCUT2D eigenvalue weighted by molar-refractivity contribution is -0.121. The molecule has 0 radical (unpaired) electrons. The first-order valence-corrected chi connectivity index (χ1v) is 13.6. The minimum Gasteiger partial charge on any atom is -0.493 e. The Kier molecular flexibility index (Phi) is 7.64. The van der Waals surface area contributed by atoms with Gasteiger partial charge in [-0.05, 0) is 56.0 Å². The number of carbonyl (C=O) groups excluding carboxylic acids is 2. The molecular weight excluding hydrogens is 500 g/mol. The molecular formula is C29H32N4O4S. The first-order valence-electron chi connectivity index (χ1n) is 12.8. The predicted molar refractivity (Wildman–Crippen MR) is 148 cm³/mol. The highest BCUT2D eigenvalue weighted by Crippen LogP contribution is 2.31. The van der Waals surface area contributed by atoms with Gasteiger partial charge in [-0.2, -0.15) is 0 Å². The summed E-state index contributed by atoms with van der Waals surface area (Å²) in [4.78, 5) is 36.5. The Morgan fingerprint density at radius 3 is 2.82 bits per heavy atom. The van der Waals surface area contributed by atoms with E-state index in [1.807, 2.05) is 44.2 Å². The van der Waals surface area contributed by atoms with Gasteiger partial charge in [0.15, 0.2) is 11.5 Å². The summed E-state index contributed by atoms with van der Waals surface area (Å²) in [5, 5.41) is 5.01. The highest BCUT2D eigenvalue weighted by molar-refractivity contribution is 7.13. The van der Waals surface area contributed by atoms with Crippen LogP contribution in [0.3, 0.4) is 0 Å². The average Bonchev–Trinajstić information content (AvgIpc) is 3.43. The molecule has 9 heteroatoms. The van der Waals surface area contributed by atoms with Crippen molar-refractivity contribution in [2.45, 2.75) is 33.1 Å². The summed E-state index contributed by atoms with van der Waals surface area (Å²) in [5.74, 6) is 0.968. The third-order valence-electron chi connectivity index (χ3n) is 6.76. The molecule has 2 amide bonds. The number of nitrogens with zero attached hydrogens (tertiary/aromatic N) is 2. The van der Waals surface area contributed by atoms with E-state index < -0.39 is 0 Å². The van der Waals surface area contributed by atoms with Crippen molar-refractivity contribution in [2.24, 2.45) is 0 Å². The molecule has 38 heavy (non-hydrogen) atoms. The van der Waals surface area contributed by atoms with Gasteiger partial charge in [-0.15, -0.1) is 11.3 Å². The van der Waals surface area contributed by atoms with Gasteiger partial charge in [0.2, 0.25) is 5.91 Å². The van der Waals surface area contributed by atoms with Crippen LogP contribution < -0.4 is 14.8 Å². The van der Waals surface area contributed by atoms with E-state index in [1.165, 1.54) is 16.9 Å². The van der Waals surface area contributed by atoms with Gasteiger partial charge in [-0.25, -0.2) is 4.98 Å². The third-order valence-corrected chi connectivity index (χ3v) is 7.82. The summed E-state index contributed by atoms with van der Waals surface area (Å²) in [7, 11) is 1.63. The van der Waals surface area contributed by atoms with Gasteiger partial charge in [0, 0.05) is 36.1 Å². The fourth-order valence-corrected chi connectivity index (χ4v) is 5.85. The lowest BCUT2D eigenvalue weighted by Crippen LogP contribution is -2.42. The molecule has 0 unspecified atom stereocenters. The number of carbonyl (C=O) groups is 2. The topological polar surface area (TPSA) is 96.6 Å². The average molecular weight is 533 g/mol. The SMILES string of the molecule is COc1ccc2cc1OCCCN(C(=O)c1sc(C)nc1C)CC(=O)NCCc1c([nH]c3ccccc13)C2. The molecule has 2 aromatic carbocycles. The first kappa shape index (κ1) is 25.8. The van der Waals surface area contributed by atoms with Gasteiger partial charge in [0.25, 0.3) is 5.91 Å². The summed E-state index contributed by atoms with van der Waals surface area (Å²) < 4.78 is 11.7. The number of aromatic nitrogens is 2. The van der Waals surface area contributed by atoms with Crippen molar-refractivity contribution >= 4 is 34.1 Å². The van der Waals surface area contributed by atoms with Crippen LogP contribution in [-0.2, 0) is 17.6 Å². The number of H-pyrrole nitrogens is 1. The second kappa shape index (κ2) is 11.3. The monoisotopic (exact) mass is 532 g/mol. The van der Waals surface area contributed by atoms with Crippen LogP contribution in [0, 0.1) is 13.8 Å². The summed E-state index contributed by atoms with van der Waals surface area (Å²) in [6.45, 7) is 4.93. The van der Waals surface area contributed by atoms with Gasteiger partial charge in [-0.3, -0.25) is 9.59 Å². The lowest BCUT2D eigenvalue weighted by atomic mass is 10.0. The largest absolute Gasteiger partial charge is 0.493 e. The number of aromatic amines is 1. The van der Waals surface area contributed by atoms with E-state index >= 15 is 0 Å². The number of nitrogens with one attached hydrogen (secondary N) is 2. The molecule has 2 bridgehead atoms. The molecule has 4 aromatic rings. The number of methoxy groups -OCH3 is 1. The van der Waals surface area contributed by atoms with Crippen LogP contribution in [0.5, 0.6) is 11.5 Å². The van der Waals surface area contributed by atoms with Crippen LogP contribution in [0.15, 0.2) is 42.5 Å². The van der Waals surface area contributed by atoms with Crippen LogP contribution >= 0.6 is 11.3 Å². The molecule has 1 aliphatic heterocycles. The quantitative estimate of drug-likeness (QED) is 0.398. The molecule has 0 spiro atoms. The predicted octanol–water partition coefficient (Wildman–Crippen LogP) is 4.42. The van der Waals surface area contributed by atoms with E-state index in [0.717, 1.165) is 27.2 Å². The number of ether oxygens (including phenoxy) is 2. The molecule has 3 heterocycles. The third kappa shape index (κ3) is 5.52. The van der Waals surface area contributed by atoms with Crippen molar-refractivity contribution in [2.75, 3.05) is 33.4 Å². The van der Waals surface area contributed by atoms with Crippen molar-refractivity contribution in [3.63, 3.8) is 0 Å². The van der Waals surface area contributed by atoms with E-state index in [-0.39, 0.29) is 18.4 Å². The second-order valence-electron chi connectivity index (χ2n) is 9.47. The Morgan fingerprint density at radius 1 is 1.18 bits per heavy atom. The number of thiazole rings is 1. The van der Waals surface area contributed by atoms with Gasteiger partial charge in [0.1, 0.15) is 4.88 Å². The molecule has 198 valence electrons. The number of hydrogen-bond acceptors (Lipinski definition) is 6. The fourth-order valence-electron chi connectivity index (χ4n) is 4.96. The first-order chi connectivity index (χ1) is 18.4. The zero-order chi connectivity index (χ0) is 26.6.